The Morgan fingerprint density at radius 3 is 2.73 bits per heavy atom. The number of carbonyl (C=O) groups excluding carboxylic acids is 1. The smallest absolute Gasteiger partial charge is 0.145 e. The first-order valence-corrected chi connectivity index (χ1v) is 4.78. The van der Waals surface area contributed by atoms with Crippen molar-refractivity contribution in [2.45, 2.75) is 19.4 Å². The zero-order valence-electron chi connectivity index (χ0n) is 8.70. The number of hydrogen-bond acceptors (Lipinski definition) is 1. The summed E-state index contributed by atoms with van der Waals surface area (Å²) in [6.07, 6.45) is 2.60. The number of benzene rings is 1. The summed E-state index contributed by atoms with van der Waals surface area (Å²) in [5.41, 5.74) is 0.0994. The summed E-state index contributed by atoms with van der Waals surface area (Å²) in [6, 6.07) is 6.56. The second-order valence-electron chi connectivity index (χ2n) is 4.13. The van der Waals surface area contributed by atoms with Gasteiger partial charge in [0.05, 0.1) is 11.1 Å². The molecule has 2 aromatic rings. The van der Waals surface area contributed by atoms with Crippen LogP contribution in [0.3, 0.4) is 0 Å². The van der Waals surface area contributed by atoms with Crippen LogP contribution in [-0.2, 0) is 10.3 Å². The Morgan fingerprint density at radius 1 is 1.33 bits per heavy atom. The molecule has 0 radical (unpaired) electrons. The molecule has 2 rings (SSSR count). The minimum absolute atomic E-state index is 0.257. The Morgan fingerprint density at radius 2 is 2.07 bits per heavy atom. The first-order chi connectivity index (χ1) is 7.06. The molecule has 3 heteroatoms. The van der Waals surface area contributed by atoms with Crippen LogP contribution >= 0.6 is 0 Å². The van der Waals surface area contributed by atoms with Crippen molar-refractivity contribution in [1.29, 1.82) is 0 Å². The van der Waals surface area contributed by atoms with Crippen molar-refractivity contribution >= 4 is 17.2 Å². The minimum Gasteiger partial charge on any atom is -0.335 e. The third-order valence-electron chi connectivity index (χ3n) is 2.59. The number of rotatable bonds is 2. The van der Waals surface area contributed by atoms with Crippen molar-refractivity contribution in [2.24, 2.45) is 0 Å². The molecule has 0 unspecified atom stereocenters. The van der Waals surface area contributed by atoms with Gasteiger partial charge in [-0.1, -0.05) is 6.07 Å². The van der Waals surface area contributed by atoms with E-state index < -0.39 is 5.54 Å². The normalized spacial score (nSPS) is 11.9. The molecule has 0 saturated carbocycles. The van der Waals surface area contributed by atoms with Gasteiger partial charge in [-0.2, -0.15) is 0 Å². The summed E-state index contributed by atoms with van der Waals surface area (Å²) in [7, 11) is 0. The van der Waals surface area contributed by atoms with Gasteiger partial charge in [-0.05, 0) is 32.0 Å². The van der Waals surface area contributed by atoms with E-state index in [-0.39, 0.29) is 5.82 Å². The largest absolute Gasteiger partial charge is 0.335 e. The van der Waals surface area contributed by atoms with Crippen LogP contribution < -0.4 is 0 Å². The van der Waals surface area contributed by atoms with E-state index in [4.69, 9.17) is 0 Å². The quantitative estimate of drug-likeness (QED) is 0.691. The van der Waals surface area contributed by atoms with E-state index in [1.165, 1.54) is 6.07 Å². The zero-order valence-corrected chi connectivity index (χ0v) is 8.70. The SMILES string of the molecule is CC(C)(C=O)n1ccc2c(F)cccc21. The van der Waals surface area contributed by atoms with Gasteiger partial charge < -0.3 is 9.36 Å². The highest BCUT2D eigenvalue weighted by Gasteiger charge is 2.20. The highest BCUT2D eigenvalue weighted by atomic mass is 19.1. The Balaban J connectivity index is 2.74. The first-order valence-electron chi connectivity index (χ1n) is 4.78. The molecule has 0 spiro atoms. The van der Waals surface area contributed by atoms with Gasteiger partial charge in [-0.15, -0.1) is 0 Å². The lowest BCUT2D eigenvalue weighted by Gasteiger charge is -2.20. The third-order valence-corrected chi connectivity index (χ3v) is 2.59. The predicted octanol–water partition coefficient (Wildman–Crippen LogP) is 2.71. The van der Waals surface area contributed by atoms with Gasteiger partial charge in [0.15, 0.2) is 0 Å². The molecule has 0 aliphatic carbocycles. The molecule has 0 aliphatic heterocycles. The van der Waals surface area contributed by atoms with Crippen molar-refractivity contribution in [1.82, 2.24) is 4.57 Å². The van der Waals surface area contributed by atoms with Crippen LogP contribution in [0.25, 0.3) is 10.9 Å². The molecule has 78 valence electrons. The van der Waals surface area contributed by atoms with Crippen molar-refractivity contribution in [3.05, 3.63) is 36.3 Å². The summed E-state index contributed by atoms with van der Waals surface area (Å²) in [5.74, 6) is -0.257. The van der Waals surface area contributed by atoms with Gasteiger partial charge in [0, 0.05) is 11.6 Å². The van der Waals surface area contributed by atoms with Crippen LogP contribution in [0.4, 0.5) is 4.39 Å². The van der Waals surface area contributed by atoms with Gasteiger partial charge in [-0.25, -0.2) is 4.39 Å². The van der Waals surface area contributed by atoms with Gasteiger partial charge in [0.1, 0.15) is 12.1 Å². The van der Waals surface area contributed by atoms with Gasteiger partial charge in [0.2, 0.25) is 0 Å². The second-order valence-corrected chi connectivity index (χ2v) is 4.13. The summed E-state index contributed by atoms with van der Waals surface area (Å²) in [6.45, 7) is 3.59. The zero-order chi connectivity index (χ0) is 11.1. The molecule has 1 heterocycles. The molecule has 0 fully saturated rings. The van der Waals surface area contributed by atoms with E-state index in [0.29, 0.717) is 5.39 Å². The van der Waals surface area contributed by atoms with Gasteiger partial charge >= 0.3 is 0 Å². The molecule has 0 atom stereocenters. The molecule has 1 aromatic carbocycles. The fourth-order valence-electron chi connectivity index (χ4n) is 1.69. The van der Waals surface area contributed by atoms with Crippen molar-refractivity contribution in [3.8, 4) is 0 Å². The third kappa shape index (κ3) is 1.44. The van der Waals surface area contributed by atoms with Crippen LogP contribution in [0.5, 0.6) is 0 Å². The van der Waals surface area contributed by atoms with E-state index in [0.717, 1.165) is 11.8 Å². The molecule has 0 saturated heterocycles. The van der Waals surface area contributed by atoms with Gasteiger partial charge in [-0.3, -0.25) is 0 Å². The molecule has 0 bridgehead atoms. The fourth-order valence-corrected chi connectivity index (χ4v) is 1.69. The molecule has 0 amide bonds. The van der Waals surface area contributed by atoms with Crippen molar-refractivity contribution in [2.75, 3.05) is 0 Å². The number of carbonyl (C=O) groups is 1. The van der Waals surface area contributed by atoms with Crippen molar-refractivity contribution < 1.29 is 9.18 Å². The van der Waals surface area contributed by atoms with E-state index in [1.807, 2.05) is 6.07 Å². The van der Waals surface area contributed by atoms with E-state index >= 15 is 0 Å². The molecular formula is C12H12FNO. The van der Waals surface area contributed by atoms with E-state index in [9.17, 15) is 9.18 Å². The molecule has 15 heavy (non-hydrogen) atoms. The lowest BCUT2D eigenvalue weighted by molar-refractivity contribution is -0.113. The summed E-state index contributed by atoms with van der Waals surface area (Å²) in [5, 5.41) is 0.549. The van der Waals surface area contributed by atoms with Gasteiger partial charge in [0.25, 0.3) is 0 Å². The van der Waals surface area contributed by atoms with Crippen LogP contribution in [-0.4, -0.2) is 10.9 Å². The second kappa shape index (κ2) is 3.19. The Labute approximate surface area is 87.3 Å². The molecular weight excluding hydrogens is 193 g/mol. The fraction of sp³-hybridized carbons (Fsp3) is 0.250. The maximum absolute atomic E-state index is 13.4. The monoisotopic (exact) mass is 205 g/mol. The lowest BCUT2D eigenvalue weighted by atomic mass is 10.1. The van der Waals surface area contributed by atoms with Crippen LogP contribution in [0.15, 0.2) is 30.5 Å². The predicted molar refractivity (Wildman–Crippen MR) is 57.3 cm³/mol. The topological polar surface area (TPSA) is 22.0 Å². The molecule has 2 nitrogen and oxygen atoms in total. The average Bonchev–Trinajstić information content (AvgIpc) is 2.63. The summed E-state index contributed by atoms with van der Waals surface area (Å²) in [4.78, 5) is 10.9. The average molecular weight is 205 g/mol. The number of aromatic nitrogens is 1. The van der Waals surface area contributed by atoms with E-state index in [1.54, 1.807) is 36.7 Å². The Hall–Kier alpha value is -1.64. The highest BCUT2D eigenvalue weighted by molar-refractivity contribution is 5.82. The number of hydrogen-bond donors (Lipinski definition) is 0. The molecule has 1 aromatic heterocycles. The summed E-state index contributed by atoms with van der Waals surface area (Å²) < 4.78 is 15.2. The van der Waals surface area contributed by atoms with E-state index in [2.05, 4.69) is 0 Å². The lowest BCUT2D eigenvalue weighted by Crippen LogP contribution is -2.26. The minimum atomic E-state index is -0.643. The maximum atomic E-state index is 13.4. The van der Waals surface area contributed by atoms with Crippen LogP contribution in [0.2, 0.25) is 0 Å². The Bertz CT molecular complexity index is 513. The standard InChI is InChI=1S/C12H12FNO/c1-12(2,8-15)14-7-6-9-10(13)4-3-5-11(9)14/h3-8H,1-2H3. The molecule has 0 N–H and O–H groups in total. The number of nitrogens with zero attached hydrogens (tertiary/aromatic N) is 1. The highest BCUT2D eigenvalue weighted by Crippen LogP contribution is 2.24. The van der Waals surface area contributed by atoms with Crippen LogP contribution in [0, 0.1) is 5.82 Å². The number of aldehydes is 1. The van der Waals surface area contributed by atoms with Crippen molar-refractivity contribution in [3.63, 3.8) is 0 Å². The Kier molecular flexibility index (Phi) is 2.11. The number of fused-ring (bicyclic) bond motifs is 1. The maximum Gasteiger partial charge on any atom is 0.145 e. The van der Waals surface area contributed by atoms with Crippen LogP contribution in [0.1, 0.15) is 13.8 Å². The summed E-state index contributed by atoms with van der Waals surface area (Å²) >= 11 is 0. The molecule has 0 aliphatic rings. The number of halogens is 1. The first kappa shape index (κ1) is 9.90.